The van der Waals surface area contributed by atoms with Gasteiger partial charge in [-0.15, -0.1) is 11.3 Å². The normalized spacial score (nSPS) is 10.9. The van der Waals surface area contributed by atoms with Crippen LogP contribution < -0.4 is 16.2 Å². The molecule has 4 rings (SSSR count). The highest BCUT2D eigenvalue weighted by molar-refractivity contribution is 7.17. The van der Waals surface area contributed by atoms with E-state index in [1.807, 2.05) is 49.6 Å². The van der Waals surface area contributed by atoms with Crippen LogP contribution in [0, 0.1) is 13.8 Å². The Morgan fingerprint density at radius 1 is 1.00 bits per heavy atom. The van der Waals surface area contributed by atoms with Crippen LogP contribution >= 0.6 is 11.3 Å². The molecule has 2 aromatic carbocycles. The second-order valence-electron chi connectivity index (χ2n) is 7.97. The van der Waals surface area contributed by atoms with Crippen LogP contribution in [-0.4, -0.2) is 21.4 Å². The van der Waals surface area contributed by atoms with E-state index in [2.05, 4.69) is 15.6 Å². The Morgan fingerprint density at radius 3 is 2.45 bits per heavy atom. The van der Waals surface area contributed by atoms with Crippen molar-refractivity contribution >= 4 is 44.7 Å². The lowest BCUT2D eigenvalue weighted by molar-refractivity contribution is -0.116. The summed E-state index contributed by atoms with van der Waals surface area (Å²) in [6.45, 7) is 5.53. The molecule has 0 saturated heterocycles. The van der Waals surface area contributed by atoms with Gasteiger partial charge in [-0.25, -0.2) is 4.98 Å². The monoisotopic (exact) mass is 460 g/mol. The van der Waals surface area contributed by atoms with E-state index in [9.17, 15) is 14.4 Å². The topological polar surface area (TPSA) is 93.1 Å². The van der Waals surface area contributed by atoms with Gasteiger partial charge in [0.2, 0.25) is 11.8 Å². The molecule has 2 amide bonds. The predicted octanol–water partition coefficient (Wildman–Crippen LogP) is 4.73. The van der Waals surface area contributed by atoms with Gasteiger partial charge in [0.15, 0.2) is 0 Å². The first kappa shape index (κ1) is 22.4. The van der Waals surface area contributed by atoms with Crippen molar-refractivity contribution in [1.82, 2.24) is 9.55 Å². The molecular weight excluding hydrogens is 436 g/mol. The quantitative estimate of drug-likeness (QED) is 0.435. The first-order chi connectivity index (χ1) is 15.8. The zero-order valence-electron chi connectivity index (χ0n) is 18.6. The maximum absolute atomic E-state index is 13.2. The molecule has 0 saturated carbocycles. The van der Waals surface area contributed by atoms with Crippen molar-refractivity contribution in [1.29, 1.82) is 0 Å². The molecule has 33 heavy (non-hydrogen) atoms. The van der Waals surface area contributed by atoms with Crippen LogP contribution in [0.1, 0.15) is 24.5 Å². The molecule has 8 heteroatoms. The summed E-state index contributed by atoms with van der Waals surface area (Å²) < 4.78 is 1.47. The van der Waals surface area contributed by atoms with Crippen LogP contribution in [0.3, 0.4) is 0 Å². The zero-order valence-corrected chi connectivity index (χ0v) is 19.5. The van der Waals surface area contributed by atoms with Crippen LogP contribution in [0.4, 0.5) is 11.4 Å². The van der Waals surface area contributed by atoms with Gasteiger partial charge in [-0.1, -0.05) is 35.9 Å². The van der Waals surface area contributed by atoms with Crippen molar-refractivity contribution in [2.45, 2.75) is 33.7 Å². The van der Waals surface area contributed by atoms with Crippen molar-refractivity contribution in [3.63, 3.8) is 0 Å². The Morgan fingerprint density at radius 2 is 1.73 bits per heavy atom. The number of hydrogen-bond donors (Lipinski definition) is 2. The lowest BCUT2D eigenvalue weighted by Gasteiger charge is -2.13. The molecule has 0 aliphatic heterocycles. The van der Waals surface area contributed by atoms with Crippen molar-refractivity contribution < 1.29 is 9.59 Å². The van der Waals surface area contributed by atoms with Crippen molar-refractivity contribution in [2.24, 2.45) is 0 Å². The lowest BCUT2D eigenvalue weighted by atomic mass is 10.1. The molecule has 2 aromatic heterocycles. The van der Waals surface area contributed by atoms with E-state index in [4.69, 9.17) is 0 Å². The molecular formula is C25H24N4O3S. The summed E-state index contributed by atoms with van der Waals surface area (Å²) in [6.07, 6.45) is 1.58. The van der Waals surface area contributed by atoms with Crippen LogP contribution in [0.25, 0.3) is 21.3 Å². The SMILES string of the molecule is CC(=O)Nc1ccc(C)cc1NC(=O)CCn1cnc2scc(-c3ccc(C)cc3)c2c1=O. The van der Waals surface area contributed by atoms with Crippen LogP contribution in [0.15, 0.2) is 59.0 Å². The number of amides is 2. The smallest absolute Gasteiger partial charge is 0.262 e. The summed E-state index contributed by atoms with van der Waals surface area (Å²) >= 11 is 1.43. The van der Waals surface area contributed by atoms with Gasteiger partial charge >= 0.3 is 0 Å². The molecule has 0 spiro atoms. The van der Waals surface area contributed by atoms with E-state index in [-0.39, 0.29) is 30.3 Å². The number of nitrogens with one attached hydrogen (secondary N) is 2. The Bertz CT molecular complexity index is 1400. The number of carbonyl (C=O) groups excluding carboxylic acids is 2. The van der Waals surface area contributed by atoms with Gasteiger partial charge in [-0.3, -0.25) is 19.0 Å². The van der Waals surface area contributed by atoms with Gasteiger partial charge in [0.25, 0.3) is 5.56 Å². The van der Waals surface area contributed by atoms with Crippen molar-refractivity contribution in [2.75, 3.05) is 10.6 Å². The minimum Gasteiger partial charge on any atom is -0.325 e. The number of carbonyl (C=O) groups is 2. The summed E-state index contributed by atoms with van der Waals surface area (Å²) in [4.78, 5) is 42.4. The van der Waals surface area contributed by atoms with Gasteiger partial charge in [-0.2, -0.15) is 0 Å². The summed E-state index contributed by atoms with van der Waals surface area (Å²) in [7, 11) is 0. The molecule has 2 N–H and O–H groups in total. The Balaban J connectivity index is 1.54. The Kier molecular flexibility index (Phi) is 6.37. The Labute approximate surface area is 195 Å². The van der Waals surface area contributed by atoms with Gasteiger partial charge < -0.3 is 10.6 Å². The van der Waals surface area contributed by atoms with E-state index in [0.717, 1.165) is 22.3 Å². The summed E-state index contributed by atoms with van der Waals surface area (Å²) in [5, 5.41) is 8.06. The number of hydrogen-bond acceptors (Lipinski definition) is 5. The summed E-state index contributed by atoms with van der Waals surface area (Å²) in [6, 6.07) is 13.4. The summed E-state index contributed by atoms with van der Waals surface area (Å²) in [5.41, 5.74) is 4.80. The van der Waals surface area contributed by atoms with Gasteiger partial charge in [0, 0.05) is 30.8 Å². The molecule has 0 atom stereocenters. The fraction of sp³-hybridized carbons (Fsp3) is 0.200. The third-order valence-electron chi connectivity index (χ3n) is 5.26. The third-order valence-corrected chi connectivity index (χ3v) is 6.15. The number of nitrogens with zero attached hydrogens (tertiary/aromatic N) is 2. The number of thiophene rings is 1. The number of fused-ring (bicyclic) bond motifs is 1. The fourth-order valence-corrected chi connectivity index (χ4v) is 4.47. The highest BCUT2D eigenvalue weighted by Crippen LogP contribution is 2.30. The minimum atomic E-state index is -0.261. The van der Waals surface area contributed by atoms with E-state index >= 15 is 0 Å². The molecule has 4 aromatic rings. The largest absolute Gasteiger partial charge is 0.325 e. The first-order valence-corrected chi connectivity index (χ1v) is 11.4. The molecule has 0 aliphatic rings. The maximum atomic E-state index is 13.2. The number of rotatable bonds is 6. The molecule has 0 aliphatic carbocycles. The number of anilines is 2. The Hall–Kier alpha value is -3.78. The van der Waals surface area contributed by atoms with E-state index in [1.54, 1.807) is 12.1 Å². The van der Waals surface area contributed by atoms with Crippen LogP contribution in [-0.2, 0) is 16.1 Å². The average Bonchev–Trinajstić information content (AvgIpc) is 3.20. The third kappa shape index (κ3) is 5.01. The number of aromatic nitrogens is 2. The highest BCUT2D eigenvalue weighted by Gasteiger charge is 2.14. The summed E-state index contributed by atoms with van der Waals surface area (Å²) in [5.74, 6) is -0.483. The molecule has 0 unspecified atom stereocenters. The minimum absolute atomic E-state index is 0.0878. The molecule has 2 heterocycles. The van der Waals surface area contributed by atoms with Crippen molar-refractivity contribution in [3.05, 3.63) is 75.7 Å². The lowest BCUT2D eigenvalue weighted by Crippen LogP contribution is -2.24. The van der Waals surface area contributed by atoms with Gasteiger partial charge in [0.1, 0.15) is 4.83 Å². The van der Waals surface area contributed by atoms with E-state index < -0.39 is 0 Å². The fourth-order valence-electron chi connectivity index (χ4n) is 3.57. The highest BCUT2D eigenvalue weighted by atomic mass is 32.1. The molecule has 0 bridgehead atoms. The van der Waals surface area contributed by atoms with Crippen molar-refractivity contribution in [3.8, 4) is 11.1 Å². The molecule has 0 radical (unpaired) electrons. The zero-order chi connectivity index (χ0) is 23.5. The van der Waals surface area contributed by atoms with Crippen LogP contribution in [0.2, 0.25) is 0 Å². The van der Waals surface area contributed by atoms with E-state index in [1.165, 1.54) is 29.2 Å². The average molecular weight is 461 g/mol. The van der Waals surface area contributed by atoms with Crippen LogP contribution in [0.5, 0.6) is 0 Å². The standard InChI is InChI=1S/C25H24N4O3S/c1-15-4-7-18(8-5-15)19-13-33-24-23(19)25(32)29(14-26-24)11-10-22(31)28-21-12-16(2)6-9-20(21)27-17(3)30/h4-9,12-14H,10-11H2,1-3H3,(H,27,30)(H,28,31). The maximum Gasteiger partial charge on any atom is 0.262 e. The second-order valence-corrected chi connectivity index (χ2v) is 8.83. The number of aryl methyl sites for hydroxylation is 3. The molecule has 7 nitrogen and oxygen atoms in total. The number of benzene rings is 2. The first-order valence-electron chi connectivity index (χ1n) is 10.5. The predicted molar refractivity (Wildman–Crippen MR) is 133 cm³/mol. The molecule has 0 fully saturated rings. The van der Waals surface area contributed by atoms with Gasteiger partial charge in [-0.05, 0) is 37.1 Å². The molecule has 168 valence electrons. The van der Waals surface area contributed by atoms with E-state index in [0.29, 0.717) is 21.6 Å². The van der Waals surface area contributed by atoms with Gasteiger partial charge in [0.05, 0.1) is 23.1 Å². The second kappa shape index (κ2) is 9.38.